The fourth-order valence-electron chi connectivity index (χ4n) is 3.35. The first kappa shape index (κ1) is 16.7. The molecule has 1 aromatic carbocycles. The number of hydrogen-bond donors (Lipinski definition) is 2. The summed E-state index contributed by atoms with van der Waals surface area (Å²) >= 11 is 8.16. The lowest BCUT2D eigenvalue weighted by Gasteiger charge is -2.24. The van der Waals surface area contributed by atoms with Crippen LogP contribution < -0.4 is 10.5 Å². The number of aryl methyl sites for hydroxylation is 2. The Balaban J connectivity index is 2.00. The maximum atomic E-state index is 9.73. The number of rotatable bonds is 2. The van der Waals surface area contributed by atoms with Crippen molar-refractivity contribution in [2.45, 2.75) is 19.8 Å². The maximum Gasteiger partial charge on any atom is 0.244 e. The number of nitrogens with one attached hydrogen (secondary N) is 1. The lowest BCUT2D eigenvalue weighted by atomic mass is 9.83. The summed E-state index contributed by atoms with van der Waals surface area (Å²) in [4.78, 5) is 2.36. The van der Waals surface area contributed by atoms with E-state index < -0.39 is 5.92 Å². The Bertz CT molecular complexity index is 1090. The molecule has 0 fully saturated rings. The van der Waals surface area contributed by atoms with Gasteiger partial charge in [0.15, 0.2) is 0 Å². The zero-order chi connectivity index (χ0) is 18.4. The topological polar surface area (TPSA) is 87.7 Å². The van der Waals surface area contributed by atoms with Crippen molar-refractivity contribution in [2.24, 2.45) is 5.73 Å². The lowest BCUT2D eigenvalue weighted by molar-refractivity contribution is 0.379. The van der Waals surface area contributed by atoms with Crippen LogP contribution in [0.1, 0.15) is 26.8 Å². The van der Waals surface area contributed by atoms with E-state index in [0.717, 1.165) is 27.3 Å². The molecular formula is C19H15ClN4OS. The van der Waals surface area contributed by atoms with Gasteiger partial charge in [0.05, 0.1) is 17.2 Å². The van der Waals surface area contributed by atoms with Gasteiger partial charge in [-0.05, 0) is 31.5 Å². The first-order valence-corrected chi connectivity index (χ1v) is 9.18. The Kier molecular flexibility index (Phi) is 3.98. The molecule has 4 rings (SSSR count). The van der Waals surface area contributed by atoms with E-state index in [1.54, 1.807) is 17.4 Å². The number of benzene rings is 1. The molecule has 130 valence electrons. The Morgan fingerprint density at radius 1 is 1.35 bits per heavy atom. The van der Waals surface area contributed by atoms with Crippen LogP contribution in [0.3, 0.4) is 0 Å². The van der Waals surface area contributed by atoms with Crippen molar-refractivity contribution in [3.8, 4) is 23.2 Å². The molecule has 1 aliphatic rings. The summed E-state index contributed by atoms with van der Waals surface area (Å²) in [7, 11) is 0. The summed E-state index contributed by atoms with van der Waals surface area (Å²) in [6.07, 6.45) is 0. The molecule has 0 unspecified atom stereocenters. The van der Waals surface area contributed by atoms with Crippen molar-refractivity contribution in [3.05, 3.63) is 67.7 Å². The van der Waals surface area contributed by atoms with Gasteiger partial charge < -0.3 is 10.5 Å². The van der Waals surface area contributed by atoms with Crippen molar-refractivity contribution in [1.29, 1.82) is 5.26 Å². The molecule has 1 aliphatic heterocycles. The smallest absolute Gasteiger partial charge is 0.244 e. The zero-order valence-electron chi connectivity index (χ0n) is 14.1. The molecule has 7 heteroatoms. The first-order chi connectivity index (χ1) is 12.5. The van der Waals surface area contributed by atoms with Gasteiger partial charge in [0.25, 0.3) is 0 Å². The van der Waals surface area contributed by atoms with Crippen molar-refractivity contribution in [2.75, 3.05) is 0 Å². The molecule has 0 aliphatic carbocycles. The van der Waals surface area contributed by atoms with E-state index in [1.165, 1.54) is 4.88 Å². The predicted molar refractivity (Wildman–Crippen MR) is 102 cm³/mol. The number of aromatic nitrogens is 2. The van der Waals surface area contributed by atoms with E-state index in [9.17, 15) is 5.26 Å². The predicted octanol–water partition coefficient (Wildman–Crippen LogP) is 4.63. The average Bonchev–Trinajstić information content (AvgIpc) is 3.16. The lowest BCUT2D eigenvalue weighted by Crippen LogP contribution is -2.21. The quantitative estimate of drug-likeness (QED) is 0.676. The van der Waals surface area contributed by atoms with Crippen molar-refractivity contribution < 1.29 is 4.74 Å². The van der Waals surface area contributed by atoms with Gasteiger partial charge in [0.1, 0.15) is 11.6 Å². The molecule has 0 saturated heterocycles. The van der Waals surface area contributed by atoms with Crippen molar-refractivity contribution in [3.63, 3.8) is 0 Å². The third kappa shape index (κ3) is 2.48. The highest BCUT2D eigenvalue weighted by molar-refractivity contribution is 7.12. The summed E-state index contributed by atoms with van der Waals surface area (Å²) in [5.74, 6) is -0.00308. The monoisotopic (exact) mass is 382 g/mol. The van der Waals surface area contributed by atoms with E-state index in [4.69, 9.17) is 22.1 Å². The number of thiophene rings is 1. The van der Waals surface area contributed by atoms with E-state index in [1.807, 2.05) is 18.2 Å². The van der Waals surface area contributed by atoms with Gasteiger partial charge in [0.2, 0.25) is 11.8 Å². The van der Waals surface area contributed by atoms with Crippen LogP contribution in [0.25, 0.3) is 11.3 Å². The number of hydrogen-bond acceptors (Lipinski definition) is 5. The van der Waals surface area contributed by atoms with E-state index in [0.29, 0.717) is 16.5 Å². The average molecular weight is 383 g/mol. The van der Waals surface area contributed by atoms with Crippen LogP contribution in [0.5, 0.6) is 5.88 Å². The summed E-state index contributed by atoms with van der Waals surface area (Å²) in [6.45, 7) is 4.12. The van der Waals surface area contributed by atoms with Crippen molar-refractivity contribution >= 4 is 22.9 Å². The van der Waals surface area contributed by atoms with Crippen molar-refractivity contribution in [1.82, 2.24) is 10.2 Å². The highest BCUT2D eigenvalue weighted by Crippen LogP contribution is 2.48. The molecule has 26 heavy (non-hydrogen) atoms. The van der Waals surface area contributed by atoms with Crippen LogP contribution in [0, 0.1) is 25.2 Å². The van der Waals surface area contributed by atoms with Gasteiger partial charge in [-0.25, -0.2) is 0 Å². The van der Waals surface area contributed by atoms with Gasteiger partial charge in [-0.15, -0.1) is 16.4 Å². The maximum absolute atomic E-state index is 9.73. The van der Waals surface area contributed by atoms with Gasteiger partial charge in [-0.3, -0.25) is 5.10 Å². The molecule has 3 aromatic rings. The second-order valence-corrected chi connectivity index (χ2v) is 7.96. The number of nitriles is 1. The molecule has 5 nitrogen and oxygen atoms in total. The fourth-order valence-corrected chi connectivity index (χ4v) is 4.53. The zero-order valence-corrected chi connectivity index (χ0v) is 15.7. The van der Waals surface area contributed by atoms with Crippen LogP contribution in [-0.2, 0) is 0 Å². The number of ether oxygens (including phenoxy) is 1. The number of allylic oxidation sites excluding steroid dienone is 1. The molecule has 0 radical (unpaired) electrons. The van der Waals surface area contributed by atoms with E-state index in [-0.39, 0.29) is 5.88 Å². The number of halogens is 1. The fraction of sp³-hybridized carbons (Fsp3) is 0.158. The normalized spacial score (nSPS) is 16.2. The van der Waals surface area contributed by atoms with Crippen LogP contribution >= 0.6 is 22.9 Å². The Morgan fingerprint density at radius 3 is 2.77 bits per heavy atom. The van der Waals surface area contributed by atoms with Gasteiger partial charge in [-0.2, -0.15) is 5.26 Å². The van der Waals surface area contributed by atoms with E-state index >= 15 is 0 Å². The molecule has 3 heterocycles. The number of H-pyrrole nitrogens is 1. The minimum Gasteiger partial charge on any atom is -0.420 e. The van der Waals surface area contributed by atoms with Crippen LogP contribution in [0.15, 0.2) is 41.8 Å². The number of fused-ring (bicyclic) bond motifs is 1. The van der Waals surface area contributed by atoms with Gasteiger partial charge in [-0.1, -0.05) is 29.8 Å². The number of aromatic amines is 1. The largest absolute Gasteiger partial charge is 0.420 e. The summed E-state index contributed by atoms with van der Waals surface area (Å²) in [6, 6.07) is 11.7. The van der Waals surface area contributed by atoms with Crippen LogP contribution in [0.2, 0.25) is 5.02 Å². The molecule has 2 aromatic heterocycles. The SMILES string of the molecule is Cc1cc(-c2[nH]nc3c2[C@@H](c2ccccc2Cl)C(C#N)=C(N)O3)c(C)s1. The summed E-state index contributed by atoms with van der Waals surface area (Å²) in [5.41, 5.74) is 9.78. The highest BCUT2D eigenvalue weighted by atomic mass is 35.5. The van der Waals surface area contributed by atoms with Gasteiger partial charge in [0, 0.05) is 20.3 Å². The summed E-state index contributed by atoms with van der Waals surface area (Å²) < 4.78 is 5.63. The van der Waals surface area contributed by atoms with Gasteiger partial charge >= 0.3 is 0 Å². The molecule has 0 spiro atoms. The van der Waals surface area contributed by atoms with E-state index in [2.05, 4.69) is 36.2 Å². The molecule has 0 amide bonds. The third-order valence-corrected chi connectivity index (χ3v) is 5.78. The van der Waals surface area contributed by atoms with Crippen LogP contribution in [-0.4, -0.2) is 10.2 Å². The molecular weight excluding hydrogens is 368 g/mol. The molecule has 1 atom stereocenters. The van der Waals surface area contributed by atoms with Crippen LogP contribution in [0.4, 0.5) is 0 Å². The Hall–Kier alpha value is -2.75. The Labute approximate surface area is 159 Å². The number of nitrogens with two attached hydrogens (primary N) is 1. The standard InChI is InChI=1S/C19H15ClN4OS/c1-9-7-12(10(2)26-9)17-16-15(11-5-3-4-6-14(11)20)13(8-21)18(22)25-19(16)24-23-17/h3-7,15H,22H2,1-2H3,(H,23,24)/t15-/m0/s1. The summed E-state index contributed by atoms with van der Waals surface area (Å²) in [5, 5.41) is 17.7. The second-order valence-electron chi connectivity index (χ2n) is 6.09. The minimum absolute atomic E-state index is 0.0567. The third-order valence-electron chi connectivity index (χ3n) is 4.47. The minimum atomic E-state index is -0.439. The number of nitrogens with zero attached hydrogens (tertiary/aromatic N) is 2. The molecule has 0 bridgehead atoms. The first-order valence-electron chi connectivity index (χ1n) is 7.99. The Morgan fingerprint density at radius 2 is 2.12 bits per heavy atom. The molecule has 0 saturated carbocycles. The second kappa shape index (κ2) is 6.20. The highest BCUT2D eigenvalue weighted by Gasteiger charge is 2.36. The molecule has 3 N–H and O–H groups in total.